The molecule has 1 aliphatic carbocycles. The first-order chi connectivity index (χ1) is 6.24. The fourth-order valence-electron chi connectivity index (χ4n) is 1.94. The van der Waals surface area contributed by atoms with Crippen LogP contribution in [0.15, 0.2) is 23.0 Å². The van der Waals surface area contributed by atoms with Crippen LogP contribution in [0, 0.1) is 11.3 Å². The predicted molar refractivity (Wildman–Crippen MR) is 54.0 cm³/mol. The lowest BCUT2D eigenvalue weighted by molar-refractivity contribution is 0.312. The summed E-state index contributed by atoms with van der Waals surface area (Å²) in [5.74, 6) is 1.59. The Morgan fingerprint density at radius 1 is 1.62 bits per heavy atom. The van der Waals surface area contributed by atoms with E-state index in [4.69, 9.17) is 16.0 Å². The quantitative estimate of drug-likeness (QED) is 0.676. The number of furan rings is 1. The van der Waals surface area contributed by atoms with Crippen molar-refractivity contribution in [2.45, 2.75) is 26.2 Å². The number of alkyl halides is 1. The van der Waals surface area contributed by atoms with Gasteiger partial charge in [-0.25, -0.2) is 0 Å². The SMILES string of the molecule is CC(CCl)(Cc1ccoc1)C1CC1. The molecule has 1 aliphatic rings. The zero-order valence-corrected chi connectivity index (χ0v) is 8.68. The fraction of sp³-hybridized carbons (Fsp3) is 0.636. The summed E-state index contributed by atoms with van der Waals surface area (Å²) in [6.07, 6.45) is 7.31. The van der Waals surface area contributed by atoms with E-state index in [-0.39, 0.29) is 5.41 Å². The van der Waals surface area contributed by atoms with E-state index in [1.807, 2.05) is 12.3 Å². The molecule has 0 bridgehead atoms. The molecular weight excluding hydrogens is 184 g/mol. The topological polar surface area (TPSA) is 13.1 Å². The molecule has 1 fully saturated rings. The van der Waals surface area contributed by atoms with E-state index in [1.165, 1.54) is 18.4 Å². The van der Waals surface area contributed by atoms with Crippen molar-refractivity contribution < 1.29 is 4.42 Å². The highest BCUT2D eigenvalue weighted by molar-refractivity contribution is 6.18. The van der Waals surface area contributed by atoms with E-state index in [0.29, 0.717) is 0 Å². The van der Waals surface area contributed by atoms with Gasteiger partial charge in [-0.1, -0.05) is 6.92 Å². The van der Waals surface area contributed by atoms with Gasteiger partial charge in [0.2, 0.25) is 0 Å². The van der Waals surface area contributed by atoms with Crippen molar-refractivity contribution in [3.63, 3.8) is 0 Å². The fourth-order valence-corrected chi connectivity index (χ4v) is 2.25. The Bertz CT molecular complexity index is 264. The lowest BCUT2D eigenvalue weighted by atomic mass is 9.81. The third-order valence-corrected chi connectivity index (χ3v) is 3.67. The zero-order chi connectivity index (χ0) is 9.31. The molecule has 0 N–H and O–H groups in total. The van der Waals surface area contributed by atoms with Crippen molar-refractivity contribution in [1.29, 1.82) is 0 Å². The molecule has 0 amide bonds. The third-order valence-electron chi connectivity index (χ3n) is 3.06. The minimum atomic E-state index is 0.283. The molecule has 0 saturated heterocycles. The van der Waals surface area contributed by atoms with Gasteiger partial charge in [-0.05, 0) is 42.2 Å². The molecule has 13 heavy (non-hydrogen) atoms. The minimum absolute atomic E-state index is 0.283. The molecule has 1 aromatic rings. The van der Waals surface area contributed by atoms with Gasteiger partial charge in [-0.15, -0.1) is 11.6 Å². The Balaban J connectivity index is 2.05. The van der Waals surface area contributed by atoms with Crippen molar-refractivity contribution in [1.82, 2.24) is 0 Å². The average molecular weight is 199 g/mol. The number of rotatable bonds is 4. The second-order valence-electron chi connectivity index (χ2n) is 4.37. The molecule has 1 saturated carbocycles. The Labute approximate surface area is 84.1 Å². The normalized spacial score (nSPS) is 21.4. The lowest BCUT2D eigenvalue weighted by Crippen LogP contribution is -2.24. The first-order valence-electron chi connectivity index (χ1n) is 4.82. The third kappa shape index (κ3) is 1.91. The molecule has 2 heteroatoms. The molecular formula is C11H15ClO. The summed E-state index contributed by atoms with van der Waals surface area (Å²) in [5.41, 5.74) is 1.56. The molecule has 0 radical (unpaired) electrons. The highest BCUT2D eigenvalue weighted by atomic mass is 35.5. The Morgan fingerprint density at radius 2 is 2.38 bits per heavy atom. The van der Waals surface area contributed by atoms with E-state index in [0.717, 1.165) is 18.2 Å². The van der Waals surface area contributed by atoms with Crippen molar-refractivity contribution in [2.24, 2.45) is 11.3 Å². The van der Waals surface area contributed by atoms with Gasteiger partial charge in [-0.2, -0.15) is 0 Å². The van der Waals surface area contributed by atoms with Gasteiger partial charge in [0.05, 0.1) is 12.5 Å². The van der Waals surface area contributed by atoms with E-state index >= 15 is 0 Å². The van der Waals surface area contributed by atoms with Gasteiger partial charge in [0, 0.05) is 5.88 Å². The summed E-state index contributed by atoms with van der Waals surface area (Å²) in [4.78, 5) is 0. The minimum Gasteiger partial charge on any atom is -0.472 e. The lowest BCUT2D eigenvalue weighted by Gasteiger charge is -2.26. The standard InChI is InChI=1S/C11H15ClO/c1-11(8-12,10-2-3-10)6-9-4-5-13-7-9/h4-5,7,10H,2-3,6,8H2,1H3. The maximum atomic E-state index is 6.03. The van der Waals surface area contributed by atoms with Crippen molar-refractivity contribution in [3.05, 3.63) is 24.2 Å². The molecule has 1 unspecified atom stereocenters. The van der Waals surface area contributed by atoms with Gasteiger partial charge in [0.1, 0.15) is 0 Å². The Kier molecular flexibility index (Phi) is 2.37. The molecule has 0 spiro atoms. The van der Waals surface area contributed by atoms with Crippen LogP contribution < -0.4 is 0 Å². The van der Waals surface area contributed by atoms with Crippen LogP contribution in [0.4, 0.5) is 0 Å². The maximum absolute atomic E-state index is 6.03. The summed E-state index contributed by atoms with van der Waals surface area (Å²) in [6, 6.07) is 2.03. The number of halogens is 1. The van der Waals surface area contributed by atoms with Crippen LogP contribution in [-0.4, -0.2) is 5.88 Å². The molecule has 1 atom stereocenters. The van der Waals surface area contributed by atoms with Crippen molar-refractivity contribution in [3.8, 4) is 0 Å². The highest BCUT2D eigenvalue weighted by Crippen LogP contribution is 2.47. The first-order valence-corrected chi connectivity index (χ1v) is 5.35. The maximum Gasteiger partial charge on any atom is 0.0934 e. The number of hydrogen-bond donors (Lipinski definition) is 0. The van der Waals surface area contributed by atoms with Gasteiger partial charge in [0.25, 0.3) is 0 Å². The zero-order valence-electron chi connectivity index (χ0n) is 7.92. The van der Waals surface area contributed by atoms with E-state index < -0.39 is 0 Å². The Hall–Kier alpha value is -0.430. The molecule has 1 heterocycles. The van der Waals surface area contributed by atoms with Gasteiger partial charge < -0.3 is 4.42 Å². The predicted octanol–water partition coefficient (Wildman–Crippen LogP) is 3.48. The first kappa shape index (κ1) is 9.14. The molecule has 72 valence electrons. The molecule has 2 rings (SSSR count). The van der Waals surface area contributed by atoms with Crippen molar-refractivity contribution >= 4 is 11.6 Å². The van der Waals surface area contributed by atoms with Gasteiger partial charge in [0.15, 0.2) is 0 Å². The summed E-state index contributed by atoms with van der Waals surface area (Å²) < 4.78 is 5.06. The van der Waals surface area contributed by atoms with E-state index in [9.17, 15) is 0 Å². The van der Waals surface area contributed by atoms with E-state index in [1.54, 1.807) is 6.26 Å². The monoisotopic (exact) mass is 198 g/mol. The van der Waals surface area contributed by atoms with E-state index in [2.05, 4.69) is 6.92 Å². The smallest absolute Gasteiger partial charge is 0.0934 e. The van der Waals surface area contributed by atoms with Crippen LogP contribution in [0.5, 0.6) is 0 Å². The van der Waals surface area contributed by atoms with Crippen LogP contribution in [0.3, 0.4) is 0 Å². The van der Waals surface area contributed by atoms with Crippen LogP contribution in [-0.2, 0) is 6.42 Å². The number of hydrogen-bond acceptors (Lipinski definition) is 1. The second kappa shape index (κ2) is 3.38. The second-order valence-corrected chi connectivity index (χ2v) is 4.64. The Morgan fingerprint density at radius 3 is 2.85 bits per heavy atom. The van der Waals surface area contributed by atoms with Crippen LogP contribution >= 0.6 is 11.6 Å². The van der Waals surface area contributed by atoms with Crippen LogP contribution in [0.1, 0.15) is 25.3 Å². The summed E-state index contributed by atoms with van der Waals surface area (Å²) in [7, 11) is 0. The summed E-state index contributed by atoms with van der Waals surface area (Å²) in [5, 5.41) is 0. The molecule has 1 nitrogen and oxygen atoms in total. The van der Waals surface area contributed by atoms with Crippen LogP contribution in [0.25, 0.3) is 0 Å². The largest absolute Gasteiger partial charge is 0.472 e. The van der Waals surface area contributed by atoms with Crippen molar-refractivity contribution in [2.75, 3.05) is 5.88 Å². The molecule has 0 aliphatic heterocycles. The van der Waals surface area contributed by atoms with Gasteiger partial charge in [-0.3, -0.25) is 0 Å². The molecule has 0 aromatic carbocycles. The highest BCUT2D eigenvalue weighted by Gasteiger charge is 2.40. The van der Waals surface area contributed by atoms with Gasteiger partial charge >= 0.3 is 0 Å². The average Bonchev–Trinajstić information content (AvgIpc) is 2.88. The van der Waals surface area contributed by atoms with Crippen LogP contribution in [0.2, 0.25) is 0 Å². The summed E-state index contributed by atoms with van der Waals surface area (Å²) in [6.45, 7) is 2.28. The molecule has 1 aromatic heterocycles. The summed E-state index contributed by atoms with van der Waals surface area (Å²) >= 11 is 6.03.